The Kier molecular flexibility index (Phi) is 3.78. The minimum Gasteiger partial charge on any atom is -0.504 e. The first-order valence-electron chi connectivity index (χ1n) is 4.66. The normalized spacial score (nSPS) is 9.31. The zero-order valence-electron chi connectivity index (χ0n) is 9.23. The Labute approximate surface area is 94.4 Å². The van der Waals surface area contributed by atoms with Crippen molar-refractivity contribution >= 4 is 5.91 Å². The maximum atomic E-state index is 11.8. The molecule has 84 valence electrons. The van der Waals surface area contributed by atoms with Gasteiger partial charge in [-0.2, -0.15) is 0 Å². The molecule has 4 nitrogen and oxygen atoms in total. The molecular formula is C12H13NO3. The number of amides is 1. The number of nitrogens with zero attached hydrogens (tertiary/aromatic N) is 1. The van der Waals surface area contributed by atoms with Crippen LogP contribution in [0.15, 0.2) is 18.2 Å². The Balaban J connectivity index is 2.94. The lowest BCUT2D eigenvalue weighted by molar-refractivity contribution is 0.0812. The molecule has 0 heterocycles. The van der Waals surface area contributed by atoms with E-state index in [1.165, 1.54) is 24.1 Å². The van der Waals surface area contributed by atoms with Crippen molar-refractivity contribution in [2.75, 3.05) is 20.7 Å². The van der Waals surface area contributed by atoms with E-state index in [1.807, 2.05) is 0 Å². The largest absolute Gasteiger partial charge is 0.504 e. The van der Waals surface area contributed by atoms with E-state index in [1.54, 1.807) is 13.1 Å². The van der Waals surface area contributed by atoms with Gasteiger partial charge in [0.25, 0.3) is 5.91 Å². The van der Waals surface area contributed by atoms with E-state index in [0.29, 0.717) is 11.3 Å². The van der Waals surface area contributed by atoms with Crippen LogP contribution in [0, 0.1) is 12.3 Å². The Hall–Kier alpha value is -2.15. The predicted molar refractivity (Wildman–Crippen MR) is 60.5 cm³/mol. The summed E-state index contributed by atoms with van der Waals surface area (Å²) in [5.41, 5.74) is 0.371. The summed E-state index contributed by atoms with van der Waals surface area (Å²) in [4.78, 5) is 13.2. The van der Waals surface area contributed by atoms with Crippen LogP contribution in [0.4, 0.5) is 0 Å². The number of carbonyl (C=O) groups excluding carboxylic acids is 1. The third-order valence-electron chi connectivity index (χ3n) is 2.10. The monoisotopic (exact) mass is 219 g/mol. The number of benzene rings is 1. The van der Waals surface area contributed by atoms with Crippen molar-refractivity contribution in [3.05, 3.63) is 23.8 Å². The van der Waals surface area contributed by atoms with Gasteiger partial charge in [0.15, 0.2) is 11.5 Å². The molecule has 0 saturated carbocycles. The molecule has 1 N–H and O–H groups in total. The van der Waals surface area contributed by atoms with Crippen LogP contribution in [0.5, 0.6) is 11.5 Å². The second-order valence-electron chi connectivity index (χ2n) is 3.25. The van der Waals surface area contributed by atoms with Crippen LogP contribution in [-0.4, -0.2) is 36.6 Å². The molecule has 0 bridgehead atoms. The summed E-state index contributed by atoms with van der Waals surface area (Å²) in [6.45, 7) is 0.228. The fraction of sp³-hybridized carbons (Fsp3) is 0.250. The van der Waals surface area contributed by atoms with E-state index in [9.17, 15) is 9.90 Å². The molecule has 4 heteroatoms. The van der Waals surface area contributed by atoms with E-state index in [0.717, 1.165) is 0 Å². The average Bonchev–Trinajstić information content (AvgIpc) is 2.28. The Morgan fingerprint density at radius 2 is 2.31 bits per heavy atom. The summed E-state index contributed by atoms with van der Waals surface area (Å²) in [7, 11) is 3.05. The van der Waals surface area contributed by atoms with Crippen LogP contribution in [0.1, 0.15) is 10.4 Å². The first-order chi connectivity index (χ1) is 7.60. The maximum Gasteiger partial charge on any atom is 0.254 e. The molecule has 0 aliphatic heterocycles. The average molecular weight is 219 g/mol. The van der Waals surface area contributed by atoms with Crippen LogP contribution in [0.2, 0.25) is 0 Å². The predicted octanol–water partition coefficient (Wildman–Crippen LogP) is 1.11. The number of terminal acetylenes is 1. The first kappa shape index (κ1) is 11.9. The Bertz CT molecular complexity index is 434. The number of methoxy groups -OCH3 is 1. The van der Waals surface area contributed by atoms with E-state index in [4.69, 9.17) is 11.2 Å². The van der Waals surface area contributed by atoms with Crippen LogP contribution in [0.25, 0.3) is 0 Å². The SMILES string of the molecule is C#CCN(C)C(=O)c1ccc(OC)c(O)c1. The van der Waals surface area contributed by atoms with Gasteiger partial charge in [-0.3, -0.25) is 4.79 Å². The molecular weight excluding hydrogens is 206 g/mol. The van der Waals surface area contributed by atoms with Crippen molar-refractivity contribution in [1.29, 1.82) is 0 Å². The molecule has 16 heavy (non-hydrogen) atoms. The quantitative estimate of drug-likeness (QED) is 0.775. The molecule has 0 radical (unpaired) electrons. The molecule has 0 spiro atoms. The summed E-state index contributed by atoms with van der Waals surface area (Å²) in [5.74, 6) is 2.40. The third-order valence-corrected chi connectivity index (χ3v) is 2.10. The highest BCUT2D eigenvalue weighted by molar-refractivity contribution is 5.94. The summed E-state index contributed by atoms with van der Waals surface area (Å²) in [6, 6.07) is 4.47. The number of phenolic OH excluding ortho intramolecular Hbond substituents is 1. The molecule has 0 aromatic heterocycles. The lowest BCUT2D eigenvalue weighted by Gasteiger charge is -2.14. The molecule has 0 saturated heterocycles. The van der Waals surface area contributed by atoms with E-state index in [-0.39, 0.29) is 18.2 Å². The van der Waals surface area contributed by atoms with Crippen LogP contribution < -0.4 is 4.74 Å². The molecule has 1 aromatic rings. The second kappa shape index (κ2) is 5.08. The summed E-state index contributed by atoms with van der Waals surface area (Å²) < 4.78 is 4.88. The van der Waals surface area contributed by atoms with Crippen molar-refractivity contribution in [2.24, 2.45) is 0 Å². The van der Waals surface area contributed by atoms with Crippen LogP contribution in [0.3, 0.4) is 0 Å². The van der Waals surface area contributed by atoms with E-state index in [2.05, 4.69) is 5.92 Å². The smallest absolute Gasteiger partial charge is 0.254 e. The van der Waals surface area contributed by atoms with Crippen LogP contribution in [-0.2, 0) is 0 Å². The number of ether oxygens (including phenoxy) is 1. The Morgan fingerprint density at radius 1 is 1.62 bits per heavy atom. The van der Waals surface area contributed by atoms with Crippen molar-refractivity contribution in [2.45, 2.75) is 0 Å². The number of hydrogen-bond acceptors (Lipinski definition) is 3. The highest BCUT2D eigenvalue weighted by atomic mass is 16.5. The van der Waals surface area contributed by atoms with Gasteiger partial charge in [-0.15, -0.1) is 6.42 Å². The molecule has 1 rings (SSSR count). The van der Waals surface area contributed by atoms with Crippen LogP contribution >= 0.6 is 0 Å². The summed E-state index contributed by atoms with van der Waals surface area (Å²) in [6.07, 6.45) is 5.11. The number of aromatic hydroxyl groups is 1. The zero-order chi connectivity index (χ0) is 12.1. The standard InChI is InChI=1S/C12H13NO3/c1-4-7-13(2)12(15)9-5-6-11(16-3)10(14)8-9/h1,5-6,8,14H,7H2,2-3H3. The maximum absolute atomic E-state index is 11.8. The highest BCUT2D eigenvalue weighted by Gasteiger charge is 2.12. The van der Waals surface area contributed by atoms with Gasteiger partial charge >= 0.3 is 0 Å². The van der Waals surface area contributed by atoms with Crippen molar-refractivity contribution in [3.63, 3.8) is 0 Å². The third kappa shape index (κ3) is 2.45. The van der Waals surface area contributed by atoms with Gasteiger partial charge in [-0.1, -0.05) is 5.92 Å². The number of rotatable bonds is 3. The minimum absolute atomic E-state index is 0.0672. The summed E-state index contributed by atoms with van der Waals surface area (Å²) in [5, 5.41) is 9.52. The van der Waals surface area contributed by atoms with Gasteiger partial charge in [0.1, 0.15) is 0 Å². The summed E-state index contributed by atoms with van der Waals surface area (Å²) >= 11 is 0. The minimum atomic E-state index is -0.240. The number of carbonyl (C=O) groups is 1. The number of phenols is 1. The fourth-order valence-electron chi connectivity index (χ4n) is 1.25. The lowest BCUT2D eigenvalue weighted by atomic mass is 10.2. The van der Waals surface area contributed by atoms with E-state index >= 15 is 0 Å². The Morgan fingerprint density at radius 3 is 2.81 bits per heavy atom. The second-order valence-corrected chi connectivity index (χ2v) is 3.25. The van der Waals surface area contributed by atoms with Gasteiger partial charge in [0, 0.05) is 12.6 Å². The molecule has 0 atom stereocenters. The van der Waals surface area contributed by atoms with Gasteiger partial charge < -0.3 is 14.7 Å². The van der Waals surface area contributed by atoms with Crippen molar-refractivity contribution < 1.29 is 14.6 Å². The van der Waals surface area contributed by atoms with Crippen molar-refractivity contribution in [1.82, 2.24) is 4.90 Å². The molecule has 0 aliphatic rings. The lowest BCUT2D eigenvalue weighted by Crippen LogP contribution is -2.26. The zero-order valence-corrected chi connectivity index (χ0v) is 9.23. The first-order valence-corrected chi connectivity index (χ1v) is 4.66. The highest BCUT2D eigenvalue weighted by Crippen LogP contribution is 2.26. The molecule has 0 aliphatic carbocycles. The van der Waals surface area contributed by atoms with Crippen molar-refractivity contribution in [3.8, 4) is 23.8 Å². The van der Waals surface area contributed by atoms with E-state index < -0.39 is 0 Å². The fourth-order valence-corrected chi connectivity index (χ4v) is 1.25. The number of hydrogen-bond donors (Lipinski definition) is 1. The topological polar surface area (TPSA) is 49.8 Å². The van der Waals surface area contributed by atoms with Gasteiger partial charge in [0.05, 0.1) is 13.7 Å². The molecule has 1 aromatic carbocycles. The molecule has 0 fully saturated rings. The molecule has 0 unspecified atom stereocenters. The van der Waals surface area contributed by atoms with Gasteiger partial charge in [-0.05, 0) is 18.2 Å². The molecule has 1 amide bonds. The van der Waals surface area contributed by atoms with Gasteiger partial charge in [0.2, 0.25) is 0 Å². The van der Waals surface area contributed by atoms with Gasteiger partial charge in [-0.25, -0.2) is 0 Å².